The van der Waals surface area contributed by atoms with Gasteiger partial charge in [0.2, 0.25) is 5.91 Å². The van der Waals surface area contributed by atoms with Gasteiger partial charge < -0.3 is 15.3 Å². The molecule has 1 aromatic rings. The Kier molecular flexibility index (Phi) is 5.27. The Morgan fingerprint density at radius 1 is 1.25 bits per heavy atom. The summed E-state index contributed by atoms with van der Waals surface area (Å²) in [4.78, 5) is 25.7. The zero-order valence-electron chi connectivity index (χ0n) is 12.4. The van der Waals surface area contributed by atoms with E-state index in [0.29, 0.717) is 11.3 Å². The molecule has 0 aliphatic rings. The molecule has 5 heteroatoms. The van der Waals surface area contributed by atoms with Gasteiger partial charge in [-0.15, -0.1) is 0 Å². The normalized spacial score (nSPS) is 11.1. The number of aliphatic hydroxyl groups excluding tert-OH is 1. The summed E-state index contributed by atoms with van der Waals surface area (Å²) in [7, 11) is 1.61. The molecule has 0 spiro atoms. The molecule has 2 amide bonds. The number of hydrogen-bond acceptors (Lipinski definition) is 3. The van der Waals surface area contributed by atoms with Gasteiger partial charge in [-0.2, -0.15) is 0 Å². The largest absolute Gasteiger partial charge is 0.395 e. The molecule has 0 saturated heterocycles. The first-order valence-corrected chi connectivity index (χ1v) is 6.54. The molecule has 110 valence electrons. The second-order valence-corrected chi connectivity index (χ2v) is 5.70. The molecule has 0 aliphatic carbocycles. The molecule has 0 bridgehead atoms. The number of aliphatic hydroxyl groups is 1. The lowest BCUT2D eigenvalue weighted by atomic mass is 9.95. The molecule has 0 unspecified atom stereocenters. The Labute approximate surface area is 119 Å². The Bertz CT molecular complexity index is 492. The van der Waals surface area contributed by atoms with E-state index in [4.69, 9.17) is 5.11 Å². The first-order chi connectivity index (χ1) is 9.27. The first-order valence-electron chi connectivity index (χ1n) is 6.54. The van der Waals surface area contributed by atoms with E-state index in [1.807, 2.05) is 20.8 Å². The number of anilines is 1. The van der Waals surface area contributed by atoms with Crippen LogP contribution < -0.4 is 5.32 Å². The molecular weight excluding hydrogens is 256 g/mol. The van der Waals surface area contributed by atoms with E-state index >= 15 is 0 Å². The van der Waals surface area contributed by atoms with Gasteiger partial charge in [0, 0.05) is 19.0 Å². The maximum Gasteiger partial charge on any atom is 0.255 e. The highest BCUT2D eigenvalue weighted by atomic mass is 16.3. The summed E-state index contributed by atoms with van der Waals surface area (Å²) in [5, 5.41) is 11.7. The molecule has 5 nitrogen and oxygen atoms in total. The third-order valence-corrected chi connectivity index (χ3v) is 2.87. The number of rotatable bonds is 4. The molecule has 0 atom stereocenters. The van der Waals surface area contributed by atoms with Crippen LogP contribution in [-0.2, 0) is 4.79 Å². The molecule has 0 aliphatic heterocycles. The number of nitrogens with zero attached hydrogens (tertiary/aromatic N) is 1. The number of amides is 2. The topological polar surface area (TPSA) is 69.6 Å². The summed E-state index contributed by atoms with van der Waals surface area (Å²) in [5.74, 6) is -0.383. The lowest BCUT2D eigenvalue weighted by Crippen LogP contribution is -2.32. The SMILES string of the molecule is CN(CCO)C(=O)c1ccccc1NC(=O)C(C)(C)C. The van der Waals surface area contributed by atoms with Gasteiger partial charge >= 0.3 is 0 Å². The van der Waals surface area contributed by atoms with E-state index in [1.165, 1.54) is 4.90 Å². The van der Waals surface area contributed by atoms with Crippen molar-refractivity contribution in [2.45, 2.75) is 20.8 Å². The van der Waals surface area contributed by atoms with Crippen LogP contribution in [0.3, 0.4) is 0 Å². The predicted molar refractivity (Wildman–Crippen MR) is 78.6 cm³/mol. The summed E-state index contributed by atoms with van der Waals surface area (Å²) in [6, 6.07) is 6.87. The molecule has 2 N–H and O–H groups in total. The minimum atomic E-state index is -0.535. The van der Waals surface area contributed by atoms with Gasteiger partial charge in [-0.3, -0.25) is 9.59 Å². The van der Waals surface area contributed by atoms with Crippen LogP contribution in [0.4, 0.5) is 5.69 Å². The van der Waals surface area contributed by atoms with Crippen LogP contribution in [0.25, 0.3) is 0 Å². The number of likely N-dealkylation sites (N-methyl/N-ethyl adjacent to an activating group) is 1. The number of nitrogens with one attached hydrogen (secondary N) is 1. The smallest absolute Gasteiger partial charge is 0.255 e. The highest BCUT2D eigenvalue weighted by molar-refractivity contribution is 6.04. The van der Waals surface area contributed by atoms with Crippen molar-refractivity contribution in [3.63, 3.8) is 0 Å². The Hall–Kier alpha value is -1.88. The fourth-order valence-corrected chi connectivity index (χ4v) is 1.55. The number of carbonyl (C=O) groups excluding carboxylic acids is 2. The number of carbonyl (C=O) groups is 2. The highest BCUT2D eigenvalue weighted by Crippen LogP contribution is 2.21. The third-order valence-electron chi connectivity index (χ3n) is 2.87. The molecule has 1 aromatic carbocycles. The van der Waals surface area contributed by atoms with Gasteiger partial charge in [0.15, 0.2) is 0 Å². The lowest BCUT2D eigenvalue weighted by Gasteiger charge is -2.21. The van der Waals surface area contributed by atoms with E-state index in [9.17, 15) is 9.59 Å². The molecular formula is C15H22N2O3. The van der Waals surface area contributed by atoms with Crippen LogP contribution in [0.15, 0.2) is 24.3 Å². The Morgan fingerprint density at radius 3 is 2.40 bits per heavy atom. The minimum Gasteiger partial charge on any atom is -0.395 e. The highest BCUT2D eigenvalue weighted by Gasteiger charge is 2.23. The van der Waals surface area contributed by atoms with Gasteiger partial charge in [-0.05, 0) is 12.1 Å². The van der Waals surface area contributed by atoms with E-state index < -0.39 is 5.41 Å². The Balaban J connectivity index is 3.00. The average molecular weight is 278 g/mol. The van der Waals surface area contributed by atoms with Crippen molar-refractivity contribution in [3.8, 4) is 0 Å². The van der Waals surface area contributed by atoms with Crippen LogP contribution in [0.5, 0.6) is 0 Å². The van der Waals surface area contributed by atoms with Crippen molar-refractivity contribution in [2.24, 2.45) is 5.41 Å². The molecule has 1 rings (SSSR count). The molecule has 20 heavy (non-hydrogen) atoms. The van der Waals surface area contributed by atoms with Crippen LogP contribution in [0, 0.1) is 5.41 Å². The van der Waals surface area contributed by atoms with Gasteiger partial charge in [0.05, 0.1) is 17.9 Å². The fraction of sp³-hybridized carbons (Fsp3) is 0.467. The molecule has 0 aromatic heterocycles. The molecule has 0 fully saturated rings. The average Bonchev–Trinajstić information content (AvgIpc) is 2.37. The fourth-order valence-electron chi connectivity index (χ4n) is 1.55. The first kappa shape index (κ1) is 16.2. The summed E-state index contributed by atoms with van der Waals surface area (Å²) in [6.07, 6.45) is 0. The van der Waals surface area contributed by atoms with Crippen molar-refractivity contribution < 1.29 is 14.7 Å². The summed E-state index contributed by atoms with van der Waals surface area (Å²) < 4.78 is 0. The maximum atomic E-state index is 12.3. The minimum absolute atomic E-state index is 0.0985. The van der Waals surface area contributed by atoms with Crippen molar-refractivity contribution in [3.05, 3.63) is 29.8 Å². The van der Waals surface area contributed by atoms with Crippen LogP contribution in [0.2, 0.25) is 0 Å². The molecule has 0 heterocycles. The standard InChI is InChI=1S/C15H22N2O3/c1-15(2,3)14(20)16-12-8-6-5-7-11(12)13(19)17(4)9-10-18/h5-8,18H,9-10H2,1-4H3,(H,16,20). The van der Waals surface area contributed by atoms with E-state index in [0.717, 1.165) is 0 Å². The number of benzene rings is 1. The lowest BCUT2D eigenvalue weighted by molar-refractivity contribution is -0.123. The van der Waals surface area contributed by atoms with Crippen LogP contribution >= 0.6 is 0 Å². The third kappa shape index (κ3) is 4.06. The maximum absolute atomic E-state index is 12.3. The Morgan fingerprint density at radius 2 is 1.85 bits per heavy atom. The zero-order valence-corrected chi connectivity index (χ0v) is 12.4. The van der Waals surface area contributed by atoms with Crippen molar-refractivity contribution in [2.75, 3.05) is 25.5 Å². The second-order valence-electron chi connectivity index (χ2n) is 5.70. The van der Waals surface area contributed by atoms with Gasteiger partial charge in [-0.25, -0.2) is 0 Å². The monoisotopic (exact) mass is 278 g/mol. The van der Waals surface area contributed by atoms with Crippen molar-refractivity contribution in [1.82, 2.24) is 4.90 Å². The molecule has 0 radical (unpaired) electrons. The van der Waals surface area contributed by atoms with Gasteiger partial charge in [-0.1, -0.05) is 32.9 Å². The van der Waals surface area contributed by atoms with Crippen molar-refractivity contribution >= 4 is 17.5 Å². The van der Waals surface area contributed by atoms with Gasteiger partial charge in [0.25, 0.3) is 5.91 Å². The molecule has 0 saturated carbocycles. The zero-order chi connectivity index (χ0) is 15.3. The summed E-state index contributed by atoms with van der Waals surface area (Å²) in [6.45, 7) is 5.58. The second kappa shape index (κ2) is 6.52. The van der Waals surface area contributed by atoms with Crippen molar-refractivity contribution in [1.29, 1.82) is 0 Å². The van der Waals surface area contributed by atoms with Crippen LogP contribution in [-0.4, -0.2) is 42.0 Å². The quantitative estimate of drug-likeness (QED) is 0.881. The van der Waals surface area contributed by atoms with E-state index in [-0.39, 0.29) is 25.0 Å². The summed E-state index contributed by atoms with van der Waals surface area (Å²) in [5.41, 5.74) is 0.371. The van der Waals surface area contributed by atoms with E-state index in [2.05, 4.69) is 5.32 Å². The predicted octanol–water partition coefficient (Wildman–Crippen LogP) is 1.74. The summed E-state index contributed by atoms with van der Waals surface area (Å²) >= 11 is 0. The van der Waals surface area contributed by atoms with Crippen LogP contribution in [0.1, 0.15) is 31.1 Å². The number of para-hydroxylation sites is 1. The van der Waals surface area contributed by atoms with E-state index in [1.54, 1.807) is 31.3 Å². The number of hydrogen-bond donors (Lipinski definition) is 2. The van der Waals surface area contributed by atoms with Gasteiger partial charge in [0.1, 0.15) is 0 Å².